The molecule has 1 aliphatic rings. The maximum absolute atomic E-state index is 11.7. The zero-order chi connectivity index (χ0) is 11.9. The highest BCUT2D eigenvalue weighted by Crippen LogP contribution is 2.51. The van der Waals surface area contributed by atoms with E-state index in [9.17, 15) is 4.79 Å². The average Bonchev–Trinajstić information content (AvgIpc) is 1.94. The first-order valence-electron chi connectivity index (χ1n) is 5.87. The van der Waals surface area contributed by atoms with E-state index in [2.05, 4.69) is 20.8 Å². The summed E-state index contributed by atoms with van der Waals surface area (Å²) in [5.74, 6) is 0.772. The van der Waals surface area contributed by atoms with Gasteiger partial charge in [-0.1, -0.05) is 20.8 Å². The Morgan fingerprint density at radius 2 is 1.80 bits per heavy atom. The van der Waals surface area contributed by atoms with Gasteiger partial charge in [0.25, 0.3) is 0 Å². The summed E-state index contributed by atoms with van der Waals surface area (Å²) in [6.07, 6.45) is 1.97. The van der Waals surface area contributed by atoms with Crippen molar-refractivity contribution in [2.24, 2.45) is 17.3 Å². The third-order valence-electron chi connectivity index (χ3n) is 3.56. The first-order valence-corrected chi connectivity index (χ1v) is 5.87. The molecule has 0 spiro atoms. The van der Waals surface area contributed by atoms with Crippen molar-refractivity contribution in [3.63, 3.8) is 0 Å². The van der Waals surface area contributed by atoms with Gasteiger partial charge in [0.1, 0.15) is 5.60 Å². The zero-order valence-corrected chi connectivity index (χ0v) is 10.9. The maximum atomic E-state index is 11.7. The highest BCUT2D eigenvalue weighted by molar-refractivity contribution is 5.74. The third kappa shape index (κ3) is 2.96. The van der Waals surface area contributed by atoms with Crippen LogP contribution >= 0.6 is 0 Å². The van der Waals surface area contributed by atoms with E-state index < -0.39 is 0 Å². The fraction of sp³-hybridized carbons (Fsp3) is 0.923. The molecule has 1 saturated carbocycles. The van der Waals surface area contributed by atoms with Crippen LogP contribution in [-0.2, 0) is 9.53 Å². The van der Waals surface area contributed by atoms with Crippen molar-refractivity contribution in [2.45, 2.75) is 60.0 Å². The lowest BCUT2D eigenvalue weighted by Crippen LogP contribution is -2.44. The predicted molar refractivity (Wildman–Crippen MR) is 61.5 cm³/mol. The van der Waals surface area contributed by atoms with Crippen LogP contribution in [0.1, 0.15) is 54.4 Å². The fourth-order valence-electron chi connectivity index (χ4n) is 2.09. The van der Waals surface area contributed by atoms with E-state index in [1.807, 2.05) is 20.8 Å². The minimum Gasteiger partial charge on any atom is -0.460 e. The molecular weight excluding hydrogens is 188 g/mol. The quantitative estimate of drug-likeness (QED) is 0.656. The van der Waals surface area contributed by atoms with Gasteiger partial charge >= 0.3 is 5.97 Å². The maximum Gasteiger partial charge on any atom is 0.309 e. The molecule has 1 aliphatic carbocycles. The third-order valence-corrected chi connectivity index (χ3v) is 3.56. The summed E-state index contributed by atoms with van der Waals surface area (Å²) < 4.78 is 5.38. The van der Waals surface area contributed by atoms with Crippen LogP contribution in [-0.4, -0.2) is 11.6 Å². The molecule has 1 rings (SSSR count). The second kappa shape index (κ2) is 3.80. The molecule has 0 radical (unpaired) electrons. The lowest BCUT2D eigenvalue weighted by atomic mass is 9.58. The van der Waals surface area contributed by atoms with Gasteiger partial charge in [-0.05, 0) is 44.9 Å². The van der Waals surface area contributed by atoms with Crippen LogP contribution in [0.3, 0.4) is 0 Å². The number of carbonyl (C=O) groups is 1. The van der Waals surface area contributed by atoms with E-state index in [0.29, 0.717) is 11.3 Å². The number of hydrogen-bond acceptors (Lipinski definition) is 2. The molecule has 0 aliphatic heterocycles. The Labute approximate surface area is 93.4 Å². The molecular formula is C13H24O2. The fourth-order valence-corrected chi connectivity index (χ4v) is 2.09. The molecule has 2 nitrogen and oxygen atoms in total. The minimum atomic E-state index is -0.346. The number of carbonyl (C=O) groups excluding carboxylic acids is 1. The van der Waals surface area contributed by atoms with Gasteiger partial charge in [0.15, 0.2) is 0 Å². The molecule has 0 N–H and O–H groups in total. The van der Waals surface area contributed by atoms with Gasteiger partial charge in [-0.3, -0.25) is 4.79 Å². The monoisotopic (exact) mass is 212 g/mol. The topological polar surface area (TPSA) is 26.3 Å². The molecule has 0 aromatic carbocycles. The standard InChI is InChI=1S/C13H24O2/c1-9(2)13(6)7-10(8-13)11(14)15-12(3,4)5/h9-10H,7-8H2,1-6H3. The predicted octanol–water partition coefficient (Wildman–Crippen LogP) is 3.40. The first kappa shape index (κ1) is 12.5. The van der Waals surface area contributed by atoms with Gasteiger partial charge in [-0.15, -0.1) is 0 Å². The Hall–Kier alpha value is -0.530. The van der Waals surface area contributed by atoms with Crippen molar-refractivity contribution in [3.05, 3.63) is 0 Å². The zero-order valence-electron chi connectivity index (χ0n) is 10.9. The minimum absolute atomic E-state index is 0.0133. The Balaban J connectivity index is 2.42. The summed E-state index contributed by atoms with van der Waals surface area (Å²) in [6.45, 7) is 12.5. The van der Waals surface area contributed by atoms with E-state index in [0.717, 1.165) is 12.8 Å². The summed E-state index contributed by atoms with van der Waals surface area (Å²) in [5, 5.41) is 0. The Bertz CT molecular complexity index is 242. The van der Waals surface area contributed by atoms with Crippen LogP contribution in [0.15, 0.2) is 0 Å². The molecule has 0 aromatic heterocycles. The van der Waals surface area contributed by atoms with Crippen LogP contribution in [0.4, 0.5) is 0 Å². The van der Waals surface area contributed by atoms with Crippen LogP contribution in [0.2, 0.25) is 0 Å². The molecule has 2 heteroatoms. The molecule has 0 amide bonds. The van der Waals surface area contributed by atoms with Crippen LogP contribution in [0.5, 0.6) is 0 Å². The van der Waals surface area contributed by atoms with Gasteiger partial charge in [-0.2, -0.15) is 0 Å². The van der Waals surface area contributed by atoms with Crippen molar-refractivity contribution in [3.8, 4) is 0 Å². The summed E-state index contributed by atoms with van der Waals surface area (Å²) in [7, 11) is 0. The molecule has 88 valence electrons. The number of esters is 1. The smallest absolute Gasteiger partial charge is 0.309 e. The number of ether oxygens (including phenoxy) is 1. The Morgan fingerprint density at radius 3 is 2.13 bits per heavy atom. The second-order valence-corrected chi connectivity index (χ2v) is 6.45. The molecule has 0 bridgehead atoms. The van der Waals surface area contributed by atoms with Gasteiger partial charge in [-0.25, -0.2) is 0 Å². The summed E-state index contributed by atoms with van der Waals surface area (Å²) in [6, 6.07) is 0. The summed E-state index contributed by atoms with van der Waals surface area (Å²) in [4.78, 5) is 11.7. The Morgan fingerprint density at radius 1 is 1.33 bits per heavy atom. The summed E-state index contributed by atoms with van der Waals surface area (Å²) in [5.41, 5.74) is 0.00246. The lowest BCUT2D eigenvalue weighted by molar-refractivity contribution is -0.169. The van der Waals surface area contributed by atoms with Crippen molar-refractivity contribution in [2.75, 3.05) is 0 Å². The van der Waals surface area contributed by atoms with Gasteiger partial charge in [0, 0.05) is 0 Å². The van der Waals surface area contributed by atoms with Gasteiger partial charge < -0.3 is 4.74 Å². The summed E-state index contributed by atoms with van der Waals surface area (Å²) >= 11 is 0. The lowest BCUT2D eigenvalue weighted by Gasteiger charge is -2.47. The highest BCUT2D eigenvalue weighted by atomic mass is 16.6. The molecule has 0 unspecified atom stereocenters. The molecule has 15 heavy (non-hydrogen) atoms. The molecule has 0 saturated heterocycles. The van der Waals surface area contributed by atoms with E-state index in [-0.39, 0.29) is 17.5 Å². The van der Waals surface area contributed by atoms with Gasteiger partial charge in [0.05, 0.1) is 5.92 Å². The molecule has 0 atom stereocenters. The van der Waals surface area contributed by atoms with E-state index in [4.69, 9.17) is 4.74 Å². The van der Waals surface area contributed by atoms with Crippen LogP contribution in [0.25, 0.3) is 0 Å². The van der Waals surface area contributed by atoms with Crippen molar-refractivity contribution >= 4 is 5.97 Å². The Kier molecular flexibility index (Phi) is 3.18. The van der Waals surface area contributed by atoms with Crippen molar-refractivity contribution in [1.29, 1.82) is 0 Å². The SMILES string of the molecule is CC(C)C1(C)CC(C(=O)OC(C)(C)C)C1. The van der Waals surface area contributed by atoms with E-state index in [1.165, 1.54) is 0 Å². The number of rotatable bonds is 2. The van der Waals surface area contributed by atoms with Crippen LogP contribution in [0, 0.1) is 17.3 Å². The number of hydrogen-bond donors (Lipinski definition) is 0. The first-order chi connectivity index (χ1) is 6.64. The van der Waals surface area contributed by atoms with Gasteiger partial charge in [0.2, 0.25) is 0 Å². The second-order valence-electron chi connectivity index (χ2n) is 6.45. The average molecular weight is 212 g/mol. The van der Waals surface area contributed by atoms with Crippen LogP contribution < -0.4 is 0 Å². The van der Waals surface area contributed by atoms with Crippen molar-refractivity contribution in [1.82, 2.24) is 0 Å². The van der Waals surface area contributed by atoms with E-state index in [1.54, 1.807) is 0 Å². The largest absolute Gasteiger partial charge is 0.460 e. The highest BCUT2D eigenvalue weighted by Gasteiger charge is 2.46. The van der Waals surface area contributed by atoms with Crippen molar-refractivity contribution < 1.29 is 9.53 Å². The normalized spacial score (nSPS) is 31.3. The van der Waals surface area contributed by atoms with E-state index >= 15 is 0 Å². The molecule has 1 fully saturated rings. The molecule has 0 heterocycles. The molecule has 0 aromatic rings.